The number of carboxylic acid groups (broad SMARTS) is 1. The number of nitrogens with two attached hydrogens (primary N) is 1. The number of carboxylic acids is 1. The van der Waals surface area contributed by atoms with Gasteiger partial charge in [0.15, 0.2) is 0 Å². The minimum atomic E-state index is -1.15. The van der Waals surface area contributed by atoms with Crippen LogP contribution in [0.5, 0.6) is 0 Å². The lowest BCUT2D eigenvalue weighted by Gasteiger charge is -2.17. The SMILES string of the molecule is N[C@H](CS[C@@H]1CC(=O)N(c2cccc(Cl)c2Cl)C1=O)C(=O)O. The number of carbonyl (C=O) groups is 3. The van der Waals surface area contributed by atoms with Gasteiger partial charge in [-0.05, 0) is 12.1 Å². The van der Waals surface area contributed by atoms with Gasteiger partial charge in [-0.2, -0.15) is 0 Å². The maximum Gasteiger partial charge on any atom is 0.321 e. The van der Waals surface area contributed by atoms with Crippen LogP contribution in [0.1, 0.15) is 6.42 Å². The minimum absolute atomic E-state index is 0.0291. The highest BCUT2D eigenvalue weighted by Crippen LogP contribution is 2.37. The Bertz CT molecular complexity index is 640. The van der Waals surface area contributed by atoms with Crippen LogP contribution >= 0.6 is 35.0 Å². The van der Waals surface area contributed by atoms with Gasteiger partial charge in [0.2, 0.25) is 11.8 Å². The van der Waals surface area contributed by atoms with Gasteiger partial charge in [-0.15, -0.1) is 11.8 Å². The van der Waals surface area contributed by atoms with Crippen molar-refractivity contribution < 1.29 is 19.5 Å². The van der Waals surface area contributed by atoms with Crippen molar-refractivity contribution in [3.63, 3.8) is 0 Å². The Hall–Kier alpha value is -1.28. The Morgan fingerprint density at radius 2 is 2.14 bits per heavy atom. The number of hydrogen-bond donors (Lipinski definition) is 2. The topological polar surface area (TPSA) is 101 Å². The van der Waals surface area contributed by atoms with E-state index in [9.17, 15) is 14.4 Å². The molecule has 1 aliphatic rings. The fraction of sp³-hybridized carbons (Fsp3) is 0.308. The molecule has 1 saturated heterocycles. The first kappa shape index (κ1) is 17.1. The smallest absolute Gasteiger partial charge is 0.321 e. The van der Waals surface area contributed by atoms with Crippen molar-refractivity contribution in [3.05, 3.63) is 28.2 Å². The first-order valence-corrected chi connectivity index (χ1v) is 8.04. The second-order valence-electron chi connectivity index (χ2n) is 4.61. The molecule has 118 valence electrons. The number of amides is 2. The van der Waals surface area contributed by atoms with Crippen LogP contribution < -0.4 is 10.6 Å². The third-order valence-corrected chi connectivity index (χ3v) is 5.20. The van der Waals surface area contributed by atoms with E-state index in [2.05, 4.69) is 0 Å². The van der Waals surface area contributed by atoms with E-state index in [0.717, 1.165) is 16.7 Å². The van der Waals surface area contributed by atoms with Crippen molar-refractivity contribution in [1.82, 2.24) is 0 Å². The molecule has 1 fully saturated rings. The van der Waals surface area contributed by atoms with E-state index in [1.165, 1.54) is 6.07 Å². The van der Waals surface area contributed by atoms with Crippen LogP contribution in [-0.4, -0.2) is 39.9 Å². The molecule has 0 aromatic heterocycles. The summed E-state index contributed by atoms with van der Waals surface area (Å²) in [6.07, 6.45) is -0.0291. The highest BCUT2D eigenvalue weighted by atomic mass is 35.5. The van der Waals surface area contributed by atoms with Crippen molar-refractivity contribution in [2.24, 2.45) is 5.73 Å². The molecular weight excluding hydrogens is 351 g/mol. The second-order valence-corrected chi connectivity index (χ2v) is 6.63. The zero-order valence-corrected chi connectivity index (χ0v) is 13.5. The molecule has 3 N–H and O–H groups in total. The predicted molar refractivity (Wildman–Crippen MR) is 85.4 cm³/mol. The van der Waals surface area contributed by atoms with Gasteiger partial charge in [0.25, 0.3) is 0 Å². The molecule has 0 aliphatic carbocycles. The molecule has 1 aliphatic heterocycles. The standard InChI is InChI=1S/C13H12Cl2N2O4S/c14-6-2-1-3-8(11(6)15)17-10(18)4-9(12(17)19)22-5-7(16)13(20)21/h1-3,7,9H,4-5,16H2,(H,20,21)/t7-,9-/m1/s1. The molecule has 0 spiro atoms. The van der Waals surface area contributed by atoms with Gasteiger partial charge in [0.05, 0.1) is 21.0 Å². The summed E-state index contributed by atoms with van der Waals surface area (Å²) in [5.41, 5.74) is 5.63. The quantitative estimate of drug-likeness (QED) is 0.774. The van der Waals surface area contributed by atoms with Crippen molar-refractivity contribution in [2.75, 3.05) is 10.7 Å². The molecule has 0 radical (unpaired) electrons. The van der Waals surface area contributed by atoms with E-state index in [-0.39, 0.29) is 27.9 Å². The maximum absolute atomic E-state index is 12.4. The van der Waals surface area contributed by atoms with Gasteiger partial charge >= 0.3 is 5.97 Å². The summed E-state index contributed by atoms with van der Waals surface area (Å²) in [6.45, 7) is 0. The zero-order chi connectivity index (χ0) is 16.4. The summed E-state index contributed by atoms with van der Waals surface area (Å²) in [4.78, 5) is 36.1. The molecule has 1 aromatic rings. The number of anilines is 1. The average Bonchev–Trinajstić information content (AvgIpc) is 2.74. The summed E-state index contributed by atoms with van der Waals surface area (Å²) in [7, 11) is 0. The predicted octanol–water partition coefficient (Wildman–Crippen LogP) is 1.77. The van der Waals surface area contributed by atoms with Crippen molar-refractivity contribution in [2.45, 2.75) is 17.7 Å². The summed E-state index contributed by atoms with van der Waals surface area (Å²) < 4.78 is 0. The van der Waals surface area contributed by atoms with E-state index >= 15 is 0 Å². The maximum atomic E-state index is 12.4. The number of imide groups is 1. The molecule has 0 saturated carbocycles. The second kappa shape index (κ2) is 6.87. The Morgan fingerprint density at radius 1 is 1.45 bits per heavy atom. The van der Waals surface area contributed by atoms with Gasteiger partial charge < -0.3 is 10.8 Å². The largest absolute Gasteiger partial charge is 0.480 e. The first-order chi connectivity index (χ1) is 10.3. The molecule has 2 amide bonds. The number of hydrogen-bond acceptors (Lipinski definition) is 5. The van der Waals surface area contributed by atoms with Crippen LogP contribution in [0.3, 0.4) is 0 Å². The van der Waals surface area contributed by atoms with Gasteiger partial charge in [-0.25, -0.2) is 4.90 Å². The molecule has 2 atom stereocenters. The molecule has 2 rings (SSSR count). The van der Waals surface area contributed by atoms with Gasteiger partial charge in [0.1, 0.15) is 6.04 Å². The number of carbonyl (C=O) groups excluding carboxylic acids is 2. The molecular formula is C13H12Cl2N2O4S. The monoisotopic (exact) mass is 362 g/mol. The molecule has 0 unspecified atom stereocenters. The minimum Gasteiger partial charge on any atom is -0.480 e. The van der Waals surface area contributed by atoms with Crippen LogP contribution in [0.4, 0.5) is 5.69 Å². The lowest BCUT2D eigenvalue weighted by Crippen LogP contribution is -2.35. The summed E-state index contributed by atoms with van der Waals surface area (Å²) >= 11 is 13.0. The first-order valence-electron chi connectivity index (χ1n) is 6.23. The summed E-state index contributed by atoms with van der Waals surface area (Å²) in [5.74, 6) is -1.97. The van der Waals surface area contributed by atoms with E-state index in [4.69, 9.17) is 34.0 Å². The number of benzene rings is 1. The Labute approximate surface area is 140 Å². The Balaban J connectivity index is 2.15. The number of aliphatic carboxylic acids is 1. The summed E-state index contributed by atoms with van der Waals surface area (Å²) in [6, 6.07) is 3.58. The zero-order valence-electron chi connectivity index (χ0n) is 11.2. The normalized spacial score (nSPS) is 19.6. The average molecular weight is 363 g/mol. The number of halogens is 2. The van der Waals surface area contributed by atoms with Crippen molar-refractivity contribution in [3.8, 4) is 0 Å². The van der Waals surface area contributed by atoms with E-state index < -0.39 is 29.1 Å². The Morgan fingerprint density at radius 3 is 2.77 bits per heavy atom. The highest BCUT2D eigenvalue weighted by molar-refractivity contribution is 8.00. The fourth-order valence-electron chi connectivity index (χ4n) is 1.94. The summed E-state index contributed by atoms with van der Waals surface area (Å²) in [5, 5.41) is 8.43. The van der Waals surface area contributed by atoms with Crippen molar-refractivity contribution in [1.29, 1.82) is 0 Å². The van der Waals surface area contributed by atoms with E-state index in [0.29, 0.717) is 0 Å². The highest BCUT2D eigenvalue weighted by Gasteiger charge is 2.41. The number of nitrogens with zero attached hydrogens (tertiary/aromatic N) is 1. The van der Waals surface area contributed by atoms with Gasteiger partial charge in [-0.3, -0.25) is 14.4 Å². The molecule has 1 heterocycles. The lowest BCUT2D eigenvalue weighted by molar-refractivity contribution is -0.138. The van der Waals surface area contributed by atoms with Crippen LogP contribution in [-0.2, 0) is 14.4 Å². The van der Waals surface area contributed by atoms with E-state index in [1.54, 1.807) is 12.1 Å². The third-order valence-electron chi connectivity index (χ3n) is 3.07. The number of rotatable bonds is 5. The van der Waals surface area contributed by atoms with Gasteiger partial charge in [0, 0.05) is 12.2 Å². The third kappa shape index (κ3) is 3.38. The van der Waals surface area contributed by atoms with Crippen LogP contribution in [0, 0.1) is 0 Å². The van der Waals surface area contributed by atoms with Crippen LogP contribution in [0.2, 0.25) is 10.0 Å². The van der Waals surface area contributed by atoms with Gasteiger partial charge in [-0.1, -0.05) is 29.3 Å². The molecule has 9 heteroatoms. The van der Waals surface area contributed by atoms with E-state index in [1.807, 2.05) is 0 Å². The number of thioether (sulfide) groups is 1. The Kier molecular flexibility index (Phi) is 5.33. The fourth-order valence-corrected chi connectivity index (χ4v) is 3.41. The van der Waals surface area contributed by atoms with Crippen LogP contribution in [0.15, 0.2) is 18.2 Å². The molecule has 22 heavy (non-hydrogen) atoms. The molecule has 1 aromatic carbocycles. The molecule has 6 nitrogen and oxygen atoms in total. The van der Waals surface area contributed by atoms with Crippen LogP contribution in [0.25, 0.3) is 0 Å². The molecule has 0 bridgehead atoms. The van der Waals surface area contributed by atoms with Crippen molar-refractivity contribution >= 4 is 58.4 Å². The lowest BCUT2D eigenvalue weighted by atomic mass is 10.3.